The molecule has 11 heteroatoms. The monoisotopic (exact) mass is 435 g/mol. The number of nitro benzene ring substituents is 1. The van der Waals surface area contributed by atoms with Crippen LogP contribution in [-0.4, -0.2) is 57.7 Å². The predicted octanol–water partition coefficient (Wildman–Crippen LogP) is 1.85. The number of carbonyl (C=O) groups excluding carboxylic acids is 2. The van der Waals surface area contributed by atoms with Gasteiger partial charge in [-0.25, -0.2) is 4.79 Å². The summed E-state index contributed by atoms with van der Waals surface area (Å²) in [4.78, 5) is 48.6. The zero-order valence-corrected chi connectivity index (χ0v) is 17.6. The number of carbonyl (C=O) groups is 2. The molecule has 168 valence electrons. The number of aromatic nitrogens is 1. The van der Waals surface area contributed by atoms with Crippen LogP contribution < -0.4 is 5.76 Å². The summed E-state index contributed by atoms with van der Waals surface area (Å²) in [6.45, 7) is 6.35. The lowest BCUT2D eigenvalue weighted by Gasteiger charge is -2.36. The van der Waals surface area contributed by atoms with Crippen molar-refractivity contribution >= 4 is 28.7 Å². The van der Waals surface area contributed by atoms with Gasteiger partial charge in [-0.1, -0.05) is 0 Å². The molecule has 3 atom stereocenters. The molecule has 2 aromatic rings. The lowest BCUT2D eigenvalue weighted by molar-refractivity contribution is -0.384. The molecule has 1 saturated heterocycles. The number of aryl methyl sites for hydroxylation is 1. The van der Waals surface area contributed by atoms with Gasteiger partial charge in [0.2, 0.25) is 0 Å². The number of amides is 1. The Morgan fingerprint density at radius 3 is 2.61 bits per heavy atom. The minimum Gasteiger partial charge on any atom is -0.453 e. The third-order valence-electron chi connectivity index (χ3n) is 5.01. The van der Waals surface area contributed by atoms with Gasteiger partial charge in [0.1, 0.15) is 0 Å². The van der Waals surface area contributed by atoms with E-state index in [1.165, 1.54) is 29.7 Å². The Hall–Kier alpha value is -3.21. The van der Waals surface area contributed by atoms with Crippen molar-refractivity contribution < 1.29 is 28.4 Å². The Morgan fingerprint density at radius 1 is 1.29 bits per heavy atom. The van der Waals surface area contributed by atoms with E-state index in [-0.39, 0.29) is 48.8 Å². The molecular formula is C20H25N3O8. The average molecular weight is 435 g/mol. The van der Waals surface area contributed by atoms with Crippen LogP contribution in [0.3, 0.4) is 0 Å². The normalized spacial score (nSPS) is 19.9. The predicted molar refractivity (Wildman–Crippen MR) is 109 cm³/mol. The summed E-state index contributed by atoms with van der Waals surface area (Å²) in [5, 5.41) is 10.8. The van der Waals surface area contributed by atoms with Crippen molar-refractivity contribution in [1.29, 1.82) is 0 Å². The fraction of sp³-hybridized carbons (Fsp3) is 0.550. The molecule has 0 spiro atoms. The molecule has 11 nitrogen and oxygen atoms in total. The first-order valence-electron chi connectivity index (χ1n) is 10.1. The van der Waals surface area contributed by atoms with Gasteiger partial charge in [0.05, 0.1) is 28.7 Å². The second-order valence-electron chi connectivity index (χ2n) is 7.66. The molecule has 1 aliphatic heterocycles. The Bertz CT molecular complexity index is 1030. The number of hydrogen-bond donors (Lipinski definition) is 0. The van der Waals surface area contributed by atoms with Gasteiger partial charge >= 0.3 is 11.7 Å². The quantitative estimate of drug-likeness (QED) is 0.365. The molecule has 0 saturated carbocycles. The molecule has 0 N–H and O–H groups in total. The number of esters is 1. The Kier molecular flexibility index (Phi) is 6.74. The molecular weight excluding hydrogens is 410 g/mol. The molecule has 3 rings (SSSR count). The number of ether oxygens (including phenoxy) is 2. The number of rotatable bonds is 7. The number of hydrogen-bond acceptors (Lipinski definition) is 8. The van der Waals surface area contributed by atoms with E-state index < -0.39 is 22.8 Å². The molecule has 2 heterocycles. The molecule has 1 fully saturated rings. The van der Waals surface area contributed by atoms with Crippen LogP contribution in [0.15, 0.2) is 27.4 Å². The van der Waals surface area contributed by atoms with Crippen LogP contribution in [0.5, 0.6) is 0 Å². The van der Waals surface area contributed by atoms with Gasteiger partial charge in [-0.3, -0.25) is 24.3 Å². The van der Waals surface area contributed by atoms with Gasteiger partial charge in [-0.2, -0.15) is 0 Å². The first-order chi connectivity index (χ1) is 14.7. The smallest absolute Gasteiger partial charge is 0.419 e. The van der Waals surface area contributed by atoms with Crippen LogP contribution in [0.1, 0.15) is 33.6 Å². The highest BCUT2D eigenvalue weighted by molar-refractivity contribution is 5.83. The van der Waals surface area contributed by atoms with E-state index in [1.807, 2.05) is 13.8 Å². The lowest BCUT2D eigenvalue weighted by atomic mass is 10.2. The molecule has 1 amide bonds. The molecule has 1 aromatic carbocycles. The van der Waals surface area contributed by atoms with E-state index in [0.29, 0.717) is 18.6 Å². The SMILES string of the molecule is CC1CN(C(=O)C(C)OC(=O)CCCn2c(=O)oc3cc([N+](=O)[O-])ccc32)CC(C)O1. The van der Waals surface area contributed by atoms with Crippen molar-refractivity contribution in [2.45, 2.75) is 58.5 Å². The summed E-state index contributed by atoms with van der Waals surface area (Å²) in [5.74, 6) is -1.48. The standard InChI is InChI=1S/C20H25N3O8/c1-12-10-21(11-13(2)29-12)19(25)14(3)30-18(24)5-4-8-22-16-7-6-15(23(27)28)9-17(16)31-20(22)26/h6-7,9,12-14H,4-5,8,10-11H2,1-3H3. The highest BCUT2D eigenvalue weighted by Crippen LogP contribution is 2.20. The van der Waals surface area contributed by atoms with E-state index in [2.05, 4.69) is 0 Å². The van der Waals surface area contributed by atoms with Crippen molar-refractivity contribution in [3.63, 3.8) is 0 Å². The second-order valence-corrected chi connectivity index (χ2v) is 7.66. The molecule has 0 bridgehead atoms. The fourth-order valence-electron chi connectivity index (χ4n) is 3.68. The van der Waals surface area contributed by atoms with Gasteiger partial charge < -0.3 is 18.8 Å². The first-order valence-corrected chi connectivity index (χ1v) is 10.1. The summed E-state index contributed by atoms with van der Waals surface area (Å²) < 4.78 is 17.2. The van der Waals surface area contributed by atoms with E-state index in [1.54, 1.807) is 4.90 Å². The summed E-state index contributed by atoms with van der Waals surface area (Å²) >= 11 is 0. The van der Waals surface area contributed by atoms with Gasteiger partial charge in [-0.05, 0) is 33.3 Å². The maximum absolute atomic E-state index is 12.5. The number of oxazole rings is 1. The zero-order chi connectivity index (χ0) is 22.7. The van der Waals surface area contributed by atoms with E-state index in [9.17, 15) is 24.5 Å². The average Bonchev–Trinajstić information content (AvgIpc) is 3.01. The number of benzene rings is 1. The lowest BCUT2D eigenvalue weighted by Crippen LogP contribution is -2.51. The number of fused-ring (bicyclic) bond motifs is 1. The van der Waals surface area contributed by atoms with Crippen molar-refractivity contribution in [3.8, 4) is 0 Å². The highest BCUT2D eigenvalue weighted by Gasteiger charge is 2.30. The van der Waals surface area contributed by atoms with E-state index >= 15 is 0 Å². The van der Waals surface area contributed by atoms with Crippen LogP contribution in [0.25, 0.3) is 11.1 Å². The van der Waals surface area contributed by atoms with Gasteiger partial charge in [0.25, 0.3) is 11.6 Å². The van der Waals surface area contributed by atoms with Crippen LogP contribution >= 0.6 is 0 Å². The highest BCUT2D eigenvalue weighted by atomic mass is 16.6. The number of nitro groups is 1. The van der Waals surface area contributed by atoms with Crippen LogP contribution in [-0.2, 0) is 25.6 Å². The number of nitrogens with zero attached hydrogens (tertiary/aromatic N) is 3. The second kappa shape index (κ2) is 9.29. The molecule has 1 aliphatic rings. The van der Waals surface area contributed by atoms with E-state index in [4.69, 9.17) is 13.9 Å². The fourth-order valence-corrected chi connectivity index (χ4v) is 3.68. The third-order valence-corrected chi connectivity index (χ3v) is 5.01. The van der Waals surface area contributed by atoms with Gasteiger partial charge in [0.15, 0.2) is 11.7 Å². The number of morpholine rings is 1. The molecule has 1 aromatic heterocycles. The summed E-state index contributed by atoms with van der Waals surface area (Å²) in [6.07, 6.45) is -0.806. The van der Waals surface area contributed by atoms with E-state index in [0.717, 1.165) is 0 Å². The maximum atomic E-state index is 12.5. The number of non-ortho nitro benzene ring substituents is 1. The summed E-state index contributed by atoms with van der Waals surface area (Å²) in [6, 6.07) is 3.90. The minimum atomic E-state index is -0.914. The van der Waals surface area contributed by atoms with Crippen molar-refractivity contribution in [1.82, 2.24) is 9.47 Å². The van der Waals surface area contributed by atoms with Crippen LogP contribution in [0, 0.1) is 10.1 Å². The van der Waals surface area contributed by atoms with Crippen LogP contribution in [0.4, 0.5) is 5.69 Å². The molecule has 0 aliphatic carbocycles. The topological polar surface area (TPSA) is 134 Å². The molecule has 0 radical (unpaired) electrons. The van der Waals surface area contributed by atoms with Crippen molar-refractivity contribution in [2.75, 3.05) is 13.1 Å². The zero-order valence-electron chi connectivity index (χ0n) is 17.6. The summed E-state index contributed by atoms with van der Waals surface area (Å²) in [5.41, 5.74) is 0.331. The molecule has 31 heavy (non-hydrogen) atoms. The van der Waals surface area contributed by atoms with Gasteiger partial charge in [0, 0.05) is 32.1 Å². The Balaban J connectivity index is 1.53. The summed E-state index contributed by atoms with van der Waals surface area (Å²) in [7, 11) is 0. The Morgan fingerprint density at radius 2 is 1.97 bits per heavy atom. The largest absolute Gasteiger partial charge is 0.453 e. The van der Waals surface area contributed by atoms with Crippen molar-refractivity contribution in [2.24, 2.45) is 0 Å². The van der Waals surface area contributed by atoms with Crippen molar-refractivity contribution in [3.05, 3.63) is 38.9 Å². The minimum absolute atomic E-state index is 0.000366. The third kappa shape index (κ3) is 5.29. The first kappa shape index (κ1) is 22.5. The maximum Gasteiger partial charge on any atom is 0.419 e. The van der Waals surface area contributed by atoms with Gasteiger partial charge in [-0.15, -0.1) is 0 Å². The molecule has 3 unspecified atom stereocenters. The Labute approximate surface area is 177 Å². The van der Waals surface area contributed by atoms with Crippen LogP contribution in [0.2, 0.25) is 0 Å².